The van der Waals surface area contributed by atoms with E-state index < -0.39 is 0 Å². The van der Waals surface area contributed by atoms with Gasteiger partial charge in [0.1, 0.15) is 12.1 Å². The zero-order chi connectivity index (χ0) is 17.6. The summed E-state index contributed by atoms with van der Waals surface area (Å²) in [5.74, 6) is 1.12. The molecular formula is C18H20FIN4OS. The number of aromatic nitrogens is 1. The van der Waals surface area contributed by atoms with Crippen molar-refractivity contribution < 1.29 is 8.81 Å². The van der Waals surface area contributed by atoms with Gasteiger partial charge in [-0.05, 0) is 29.1 Å². The fourth-order valence-electron chi connectivity index (χ4n) is 2.39. The maximum absolute atomic E-state index is 13.0. The fraction of sp³-hybridized carbons (Fsp3) is 0.222. The predicted molar refractivity (Wildman–Crippen MR) is 113 cm³/mol. The number of halogens is 2. The van der Waals surface area contributed by atoms with E-state index in [1.165, 1.54) is 12.1 Å². The van der Waals surface area contributed by atoms with E-state index in [0.717, 1.165) is 22.1 Å². The molecule has 0 aliphatic heterocycles. The van der Waals surface area contributed by atoms with Gasteiger partial charge in [0.25, 0.3) is 0 Å². The maximum atomic E-state index is 13.0. The second-order valence-electron chi connectivity index (χ2n) is 5.50. The van der Waals surface area contributed by atoms with Gasteiger partial charge in [-0.1, -0.05) is 18.2 Å². The Bertz CT molecular complexity index is 833. The fourth-order valence-corrected chi connectivity index (χ4v) is 3.05. The van der Waals surface area contributed by atoms with Gasteiger partial charge in [0.05, 0.1) is 17.1 Å². The number of rotatable bonds is 5. The molecule has 26 heavy (non-hydrogen) atoms. The topological polar surface area (TPSA) is 53.7 Å². The van der Waals surface area contributed by atoms with Crippen LogP contribution in [0.5, 0.6) is 0 Å². The van der Waals surface area contributed by atoms with Crippen LogP contribution in [-0.2, 0) is 13.1 Å². The molecule has 1 aromatic carbocycles. The van der Waals surface area contributed by atoms with Crippen molar-refractivity contribution in [3.63, 3.8) is 0 Å². The highest BCUT2D eigenvalue weighted by molar-refractivity contribution is 14.0. The molecule has 2 heterocycles. The number of thiophene rings is 1. The summed E-state index contributed by atoms with van der Waals surface area (Å²) in [6.07, 6.45) is 1.65. The van der Waals surface area contributed by atoms with Gasteiger partial charge in [0.2, 0.25) is 5.89 Å². The van der Waals surface area contributed by atoms with E-state index >= 15 is 0 Å². The number of aliphatic imine (C=N–C) groups is 1. The zero-order valence-corrected chi connectivity index (χ0v) is 17.6. The van der Waals surface area contributed by atoms with E-state index in [-0.39, 0.29) is 29.8 Å². The van der Waals surface area contributed by atoms with Gasteiger partial charge >= 0.3 is 0 Å². The van der Waals surface area contributed by atoms with E-state index in [4.69, 9.17) is 4.42 Å². The third-order valence-corrected chi connectivity index (χ3v) is 4.48. The van der Waals surface area contributed by atoms with Crippen molar-refractivity contribution in [2.75, 3.05) is 14.1 Å². The molecule has 0 saturated carbocycles. The molecule has 3 rings (SSSR count). The van der Waals surface area contributed by atoms with Crippen LogP contribution in [0.25, 0.3) is 10.8 Å². The number of guanidine groups is 1. The Morgan fingerprint density at radius 2 is 2.08 bits per heavy atom. The van der Waals surface area contributed by atoms with Gasteiger partial charge in [-0.2, -0.15) is 0 Å². The van der Waals surface area contributed by atoms with Crippen LogP contribution in [0.4, 0.5) is 4.39 Å². The quantitative estimate of drug-likeness (QED) is 0.331. The van der Waals surface area contributed by atoms with Gasteiger partial charge in [-0.3, -0.25) is 4.99 Å². The molecule has 5 nitrogen and oxygen atoms in total. The van der Waals surface area contributed by atoms with Crippen LogP contribution in [0.15, 0.2) is 57.5 Å². The Balaban J connectivity index is 0.00000243. The van der Waals surface area contributed by atoms with Crippen LogP contribution in [0.3, 0.4) is 0 Å². The van der Waals surface area contributed by atoms with Crippen molar-refractivity contribution >= 4 is 41.3 Å². The molecule has 0 aliphatic carbocycles. The van der Waals surface area contributed by atoms with E-state index in [9.17, 15) is 4.39 Å². The van der Waals surface area contributed by atoms with E-state index in [1.54, 1.807) is 36.8 Å². The molecule has 3 aromatic rings. The van der Waals surface area contributed by atoms with Gasteiger partial charge in [0, 0.05) is 20.6 Å². The lowest BCUT2D eigenvalue weighted by atomic mass is 10.2. The Morgan fingerprint density at radius 3 is 2.73 bits per heavy atom. The largest absolute Gasteiger partial charge is 0.443 e. The number of nitrogens with one attached hydrogen (secondary N) is 1. The van der Waals surface area contributed by atoms with Crippen LogP contribution in [0.1, 0.15) is 11.3 Å². The van der Waals surface area contributed by atoms with Crippen LogP contribution in [-0.4, -0.2) is 29.9 Å². The van der Waals surface area contributed by atoms with Crippen LogP contribution in [0.2, 0.25) is 0 Å². The van der Waals surface area contributed by atoms with Gasteiger partial charge in [0.15, 0.2) is 5.96 Å². The standard InChI is InChI=1S/C18H19FN4OS.HI/c1-20-18(23(2)11-13-5-7-14(19)8-6-13)21-10-15-12-24-17(22-15)16-4-3-9-25-16;/h3-9,12H,10-11H2,1-2H3,(H,20,21);1H. The highest BCUT2D eigenvalue weighted by Gasteiger charge is 2.10. The highest BCUT2D eigenvalue weighted by atomic mass is 127. The van der Waals surface area contributed by atoms with Crippen molar-refractivity contribution in [1.82, 2.24) is 15.2 Å². The molecule has 0 radical (unpaired) electrons. The normalized spacial score (nSPS) is 11.1. The average molecular weight is 486 g/mol. The molecule has 1 N–H and O–H groups in total. The first-order chi connectivity index (χ1) is 12.2. The molecule has 0 saturated heterocycles. The predicted octanol–water partition coefficient (Wildman–Crippen LogP) is 4.37. The smallest absolute Gasteiger partial charge is 0.236 e. The van der Waals surface area contributed by atoms with Crippen molar-refractivity contribution in [2.24, 2.45) is 4.99 Å². The lowest BCUT2D eigenvalue weighted by molar-refractivity contribution is 0.475. The average Bonchev–Trinajstić information content (AvgIpc) is 3.28. The van der Waals surface area contributed by atoms with E-state index in [1.807, 2.05) is 29.5 Å². The SMILES string of the molecule is CN=C(NCc1coc(-c2cccs2)n1)N(C)Cc1ccc(F)cc1.I. The lowest BCUT2D eigenvalue weighted by Gasteiger charge is -2.21. The lowest BCUT2D eigenvalue weighted by Crippen LogP contribution is -2.38. The van der Waals surface area contributed by atoms with Gasteiger partial charge in [-0.25, -0.2) is 9.37 Å². The van der Waals surface area contributed by atoms with Crippen molar-refractivity contribution in [3.8, 4) is 10.8 Å². The molecule has 0 aliphatic rings. The molecule has 0 amide bonds. The first-order valence-corrected chi connectivity index (χ1v) is 8.68. The minimum Gasteiger partial charge on any atom is -0.443 e. The Morgan fingerprint density at radius 1 is 1.31 bits per heavy atom. The molecule has 0 bridgehead atoms. The minimum absolute atomic E-state index is 0. The maximum Gasteiger partial charge on any atom is 0.236 e. The monoisotopic (exact) mass is 486 g/mol. The Hall–Kier alpha value is -1.94. The summed E-state index contributed by atoms with van der Waals surface area (Å²) < 4.78 is 18.5. The number of benzene rings is 1. The van der Waals surface area contributed by atoms with E-state index in [2.05, 4.69) is 15.3 Å². The highest BCUT2D eigenvalue weighted by Crippen LogP contribution is 2.23. The van der Waals surface area contributed by atoms with Gasteiger partial charge < -0.3 is 14.6 Å². The second kappa shape index (κ2) is 9.67. The van der Waals surface area contributed by atoms with Crippen LogP contribution in [0, 0.1) is 5.82 Å². The second-order valence-corrected chi connectivity index (χ2v) is 6.45. The minimum atomic E-state index is -0.235. The summed E-state index contributed by atoms with van der Waals surface area (Å²) in [5.41, 5.74) is 1.81. The summed E-state index contributed by atoms with van der Waals surface area (Å²) in [5, 5.41) is 5.25. The van der Waals surface area contributed by atoms with Gasteiger partial charge in [-0.15, -0.1) is 35.3 Å². The van der Waals surface area contributed by atoms with Crippen molar-refractivity contribution in [1.29, 1.82) is 0 Å². The van der Waals surface area contributed by atoms with Crippen molar-refractivity contribution in [3.05, 3.63) is 65.1 Å². The zero-order valence-electron chi connectivity index (χ0n) is 14.5. The molecular weight excluding hydrogens is 466 g/mol. The van der Waals surface area contributed by atoms with Crippen molar-refractivity contribution in [2.45, 2.75) is 13.1 Å². The summed E-state index contributed by atoms with van der Waals surface area (Å²) in [7, 11) is 3.65. The van der Waals surface area contributed by atoms with Crippen LogP contribution >= 0.6 is 35.3 Å². The molecule has 0 atom stereocenters. The Labute approximate surface area is 173 Å². The first kappa shape index (κ1) is 20.4. The Kier molecular flexibility index (Phi) is 7.58. The third kappa shape index (κ3) is 5.28. The summed E-state index contributed by atoms with van der Waals surface area (Å²) in [6.45, 7) is 1.13. The number of hydrogen-bond donors (Lipinski definition) is 1. The number of oxazole rings is 1. The molecule has 0 spiro atoms. The third-order valence-electron chi connectivity index (χ3n) is 3.62. The summed E-state index contributed by atoms with van der Waals surface area (Å²) >= 11 is 1.59. The summed E-state index contributed by atoms with van der Waals surface area (Å²) in [6, 6.07) is 10.4. The first-order valence-electron chi connectivity index (χ1n) is 7.80. The summed E-state index contributed by atoms with van der Waals surface area (Å²) in [4.78, 5) is 11.7. The molecule has 2 aromatic heterocycles. The molecule has 0 unspecified atom stereocenters. The number of hydrogen-bond acceptors (Lipinski definition) is 4. The number of nitrogens with zero attached hydrogens (tertiary/aromatic N) is 3. The van der Waals surface area contributed by atoms with Crippen LogP contribution < -0.4 is 5.32 Å². The molecule has 138 valence electrons. The molecule has 0 fully saturated rings. The molecule has 8 heteroatoms. The van der Waals surface area contributed by atoms with E-state index in [0.29, 0.717) is 19.0 Å².